The summed E-state index contributed by atoms with van der Waals surface area (Å²) in [4.78, 5) is 28.1. The first-order chi connectivity index (χ1) is 17.4. The van der Waals surface area contributed by atoms with Gasteiger partial charge >= 0.3 is 18.4 Å². The van der Waals surface area contributed by atoms with Gasteiger partial charge in [-0.05, 0) is 93.5 Å². The summed E-state index contributed by atoms with van der Waals surface area (Å²) in [5.74, 6) is -0.620. The van der Waals surface area contributed by atoms with Crippen LogP contribution >= 0.6 is 11.8 Å². The van der Waals surface area contributed by atoms with Crippen LogP contribution in [0.5, 0.6) is 5.75 Å². The van der Waals surface area contributed by atoms with Gasteiger partial charge in [-0.3, -0.25) is 4.79 Å². The average Bonchev–Trinajstić information content (AvgIpc) is 2.83. The molecule has 37 heavy (non-hydrogen) atoms. The summed E-state index contributed by atoms with van der Waals surface area (Å²) in [5.41, 5.74) is 3.94. The molecule has 0 spiro atoms. The second kappa shape index (κ2) is 11.7. The number of carbonyl (C=O) groups excluding carboxylic acids is 2. The summed E-state index contributed by atoms with van der Waals surface area (Å²) >= 11 is 1.50. The summed E-state index contributed by atoms with van der Waals surface area (Å²) in [6, 6.07) is 9.13. The zero-order valence-electron chi connectivity index (χ0n) is 21.7. The average molecular weight is 539 g/mol. The Hall–Kier alpha value is -2.88. The molecule has 1 aliphatic rings. The van der Waals surface area contributed by atoms with Gasteiger partial charge in [0.2, 0.25) is 0 Å². The van der Waals surface area contributed by atoms with Crippen molar-refractivity contribution in [3.8, 4) is 5.75 Å². The van der Waals surface area contributed by atoms with Gasteiger partial charge in [-0.25, -0.2) is 4.79 Å². The van der Waals surface area contributed by atoms with Gasteiger partial charge in [0, 0.05) is 23.2 Å². The van der Waals surface area contributed by atoms with Crippen molar-refractivity contribution in [1.82, 2.24) is 4.90 Å². The number of likely N-dealkylation sites (N-methyl/N-ethyl adjacent to an activating group) is 1. The molecule has 2 aromatic carbocycles. The molecule has 2 amide bonds. The van der Waals surface area contributed by atoms with Crippen LogP contribution in [0.25, 0.3) is 0 Å². The molecular formula is C27H33F3N2O4S. The highest BCUT2D eigenvalue weighted by atomic mass is 32.2. The van der Waals surface area contributed by atoms with Crippen molar-refractivity contribution < 1.29 is 32.2 Å². The molecule has 1 aliphatic carbocycles. The second-order valence-electron chi connectivity index (χ2n) is 9.37. The molecule has 0 saturated carbocycles. The summed E-state index contributed by atoms with van der Waals surface area (Å²) in [6.07, 6.45) is -1.68. The van der Waals surface area contributed by atoms with Gasteiger partial charge in [-0.2, -0.15) is 0 Å². The standard InChI is InChI=1S/C27H33F3N2O4S/c1-6-17-14-19-15-21(11-8-18(19)16-23(17)37-26(3,4)24(33)35-5)32(7-2)25(34)31-20-9-12-22(13-10-20)36-27(28,29)30/h9-10,12-14,16,21H,6-8,11,15H2,1-5H3,(H,31,34). The number of urea groups is 1. The molecule has 10 heteroatoms. The maximum atomic E-state index is 13.1. The molecule has 0 fully saturated rings. The van der Waals surface area contributed by atoms with Crippen LogP contribution in [-0.4, -0.2) is 47.7 Å². The maximum absolute atomic E-state index is 13.1. The number of thioether (sulfide) groups is 1. The maximum Gasteiger partial charge on any atom is 0.573 e. The van der Waals surface area contributed by atoms with Gasteiger partial charge < -0.3 is 19.7 Å². The Bertz CT molecular complexity index is 1120. The normalized spacial score (nSPS) is 15.5. The SMILES string of the molecule is CCc1cc2c(cc1SC(C)(C)C(=O)OC)CCC(N(CC)C(=O)Nc1ccc(OC(F)(F)F)cc1)C2. The third-order valence-corrected chi connectivity index (χ3v) is 7.67. The van der Waals surface area contributed by atoms with Gasteiger partial charge in [0.15, 0.2) is 0 Å². The van der Waals surface area contributed by atoms with Crippen LogP contribution in [0, 0.1) is 0 Å². The minimum absolute atomic E-state index is 0.0138. The van der Waals surface area contributed by atoms with E-state index >= 15 is 0 Å². The Balaban J connectivity index is 1.72. The highest BCUT2D eigenvalue weighted by molar-refractivity contribution is 8.01. The molecular weight excluding hydrogens is 505 g/mol. The Labute approximate surface area is 219 Å². The summed E-state index contributed by atoms with van der Waals surface area (Å²) in [5, 5.41) is 2.78. The van der Waals surface area contributed by atoms with E-state index in [-0.39, 0.29) is 23.8 Å². The monoisotopic (exact) mass is 538 g/mol. The molecule has 1 atom stereocenters. The summed E-state index contributed by atoms with van der Waals surface area (Å²) in [7, 11) is 1.39. The number of halogens is 3. The number of hydrogen-bond donors (Lipinski definition) is 1. The molecule has 0 aliphatic heterocycles. The molecule has 0 saturated heterocycles. The van der Waals surface area contributed by atoms with Crippen molar-refractivity contribution in [3.63, 3.8) is 0 Å². The van der Waals surface area contributed by atoms with Crippen LogP contribution in [0.4, 0.5) is 23.7 Å². The van der Waals surface area contributed by atoms with Crippen LogP contribution < -0.4 is 10.1 Å². The minimum Gasteiger partial charge on any atom is -0.468 e. The van der Waals surface area contributed by atoms with E-state index in [1.165, 1.54) is 54.3 Å². The fourth-order valence-electron chi connectivity index (χ4n) is 4.52. The number of benzene rings is 2. The largest absolute Gasteiger partial charge is 0.573 e. The number of ether oxygens (including phenoxy) is 2. The first kappa shape index (κ1) is 28.7. The Morgan fingerprint density at radius 3 is 2.35 bits per heavy atom. The van der Waals surface area contributed by atoms with Crippen molar-refractivity contribution in [2.75, 3.05) is 19.0 Å². The van der Waals surface area contributed by atoms with E-state index < -0.39 is 11.1 Å². The van der Waals surface area contributed by atoms with E-state index in [1.807, 2.05) is 20.8 Å². The number of methoxy groups -OCH3 is 1. The predicted molar refractivity (Wildman–Crippen MR) is 138 cm³/mol. The smallest absolute Gasteiger partial charge is 0.468 e. The predicted octanol–water partition coefficient (Wildman–Crippen LogP) is 6.60. The Morgan fingerprint density at radius 2 is 1.78 bits per heavy atom. The summed E-state index contributed by atoms with van der Waals surface area (Å²) in [6.45, 7) is 8.18. The molecule has 0 radical (unpaired) electrons. The lowest BCUT2D eigenvalue weighted by Gasteiger charge is -2.35. The minimum atomic E-state index is -4.77. The fourth-order valence-corrected chi connectivity index (χ4v) is 5.77. The number of hydrogen-bond acceptors (Lipinski definition) is 5. The third kappa shape index (κ3) is 7.34. The molecule has 1 N–H and O–H groups in total. The molecule has 3 rings (SSSR count). The van der Waals surface area contributed by atoms with Gasteiger partial charge in [0.25, 0.3) is 0 Å². The van der Waals surface area contributed by atoms with Gasteiger partial charge in [-0.15, -0.1) is 24.9 Å². The Kier molecular flexibility index (Phi) is 9.05. The first-order valence-corrected chi connectivity index (χ1v) is 13.0. The van der Waals surface area contributed by atoms with Crippen molar-refractivity contribution in [3.05, 3.63) is 53.1 Å². The van der Waals surface area contributed by atoms with E-state index in [0.717, 1.165) is 29.7 Å². The van der Waals surface area contributed by atoms with E-state index in [1.54, 1.807) is 4.90 Å². The second-order valence-corrected chi connectivity index (χ2v) is 11.0. The van der Waals surface area contributed by atoms with Crippen LogP contribution in [0.15, 0.2) is 41.3 Å². The van der Waals surface area contributed by atoms with E-state index in [0.29, 0.717) is 18.7 Å². The molecule has 202 valence electrons. The number of anilines is 1. The molecule has 0 heterocycles. The quantitative estimate of drug-likeness (QED) is 0.303. The highest BCUT2D eigenvalue weighted by Crippen LogP contribution is 2.39. The van der Waals surface area contributed by atoms with Crippen molar-refractivity contribution in [1.29, 1.82) is 0 Å². The van der Waals surface area contributed by atoms with Crippen molar-refractivity contribution in [2.24, 2.45) is 0 Å². The number of carbonyl (C=O) groups is 2. The number of rotatable bonds is 8. The molecule has 1 unspecified atom stereocenters. The number of aryl methyl sites for hydroxylation is 2. The number of alkyl halides is 3. The van der Waals surface area contributed by atoms with E-state index in [4.69, 9.17) is 4.74 Å². The van der Waals surface area contributed by atoms with Gasteiger partial charge in [0.1, 0.15) is 10.5 Å². The highest BCUT2D eigenvalue weighted by Gasteiger charge is 2.33. The molecule has 2 aromatic rings. The zero-order chi connectivity index (χ0) is 27.4. The first-order valence-electron chi connectivity index (χ1n) is 12.2. The lowest BCUT2D eigenvalue weighted by molar-refractivity contribution is -0.274. The van der Waals surface area contributed by atoms with Crippen LogP contribution in [-0.2, 0) is 28.8 Å². The van der Waals surface area contributed by atoms with E-state index in [2.05, 4.69) is 29.1 Å². The van der Waals surface area contributed by atoms with Crippen LogP contribution in [0.2, 0.25) is 0 Å². The van der Waals surface area contributed by atoms with Gasteiger partial charge in [-0.1, -0.05) is 13.0 Å². The molecule has 0 aromatic heterocycles. The van der Waals surface area contributed by atoms with Crippen LogP contribution in [0.1, 0.15) is 50.8 Å². The number of nitrogens with one attached hydrogen (secondary N) is 1. The number of nitrogens with zero attached hydrogens (tertiary/aromatic N) is 1. The van der Waals surface area contributed by atoms with E-state index in [9.17, 15) is 22.8 Å². The lowest BCUT2D eigenvalue weighted by atomic mass is 9.86. The van der Waals surface area contributed by atoms with Crippen LogP contribution in [0.3, 0.4) is 0 Å². The van der Waals surface area contributed by atoms with Crippen molar-refractivity contribution in [2.45, 2.75) is 75.4 Å². The number of amides is 2. The topological polar surface area (TPSA) is 67.9 Å². The van der Waals surface area contributed by atoms with Gasteiger partial charge in [0.05, 0.1) is 7.11 Å². The Morgan fingerprint density at radius 1 is 1.11 bits per heavy atom. The lowest BCUT2D eigenvalue weighted by Crippen LogP contribution is -2.45. The number of fused-ring (bicyclic) bond motifs is 1. The summed E-state index contributed by atoms with van der Waals surface area (Å²) < 4.78 is 45.3. The number of esters is 1. The fraction of sp³-hybridized carbons (Fsp3) is 0.481. The third-order valence-electron chi connectivity index (χ3n) is 6.39. The van der Waals surface area contributed by atoms with Crippen molar-refractivity contribution >= 4 is 29.4 Å². The molecule has 0 bridgehead atoms. The zero-order valence-corrected chi connectivity index (χ0v) is 22.5. The molecule has 6 nitrogen and oxygen atoms in total.